The molecule has 0 saturated carbocycles. The molecular formula is C14H20NaSi. The van der Waals surface area contributed by atoms with Gasteiger partial charge in [-0.15, -0.1) is 0 Å². The van der Waals surface area contributed by atoms with Crippen LogP contribution in [0.1, 0.15) is 13.8 Å². The van der Waals surface area contributed by atoms with Crippen molar-refractivity contribution < 1.29 is 0 Å². The van der Waals surface area contributed by atoms with Crippen LogP contribution in [0.25, 0.3) is 0 Å². The van der Waals surface area contributed by atoms with Gasteiger partial charge >= 0.3 is 0 Å². The van der Waals surface area contributed by atoms with Crippen molar-refractivity contribution in [3.05, 3.63) is 48.6 Å². The van der Waals surface area contributed by atoms with Crippen molar-refractivity contribution in [1.29, 1.82) is 0 Å². The summed E-state index contributed by atoms with van der Waals surface area (Å²) in [6.07, 6.45) is 18.3. The molecule has 0 aromatic heterocycles. The van der Waals surface area contributed by atoms with E-state index in [1.54, 1.807) is 0 Å². The fourth-order valence-electron chi connectivity index (χ4n) is 2.55. The van der Waals surface area contributed by atoms with Crippen LogP contribution in [0.4, 0.5) is 0 Å². The first kappa shape index (κ1) is 14.2. The fourth-order valence-corrected chi connectivity index (χ4v) is 5.76. The van der Waals surface area contributed by atoms with Crippen molar-refractivity contribution in [2.75, 3.05) is 0 Å². The third-order valence-corrected chi connectivity index (χ3v) is 10.7. The van der Waals surface area contributed by atoms with Crippen LogP contribution in [0, 0.1) is 0 Å². The van der Waals surface area contributed by atoms with Gasteiger partial charge in [0.15, 0.2) is 0 Å². The van der Waals surface area contributed by atoms with Crippen LogP contribution in [0.5, 0.6) is 0 Å². The number of hydrogen-bond acceptors (Lipinski definition) is 0. The first-order valence-electron chi connectivity index (χ1n) is 5.65. The topological polar surface area (TPSA) is 0 Å². The fraction of sp³-hybridized carbons (Fsp3) is 0.429. The van der Waals surface area contributed by atoms with Gasteiger partial charge in [0, 0.05) is 29.6 Å². The van der Waals surface area contributed by atoms with E-state index in [1.807, 2.05) is 0 Å². The third kappa shape index (κ3) is 1.88. The molecule has 0 unspecified atom stereocenters. The summed E-state index contributed by atoms with van der Waals surface area (Å²) in [4.78, 5) is 0. The molecule has 0 aliphatic heterocycles. The molecular weight excluding hydrogens is 219 g/mol. The summed E-state index contributed by atoms with van der Waals surface area (Å²) in [7, 11) is -1.43. The molecule has 0 aromatic carbocycles. The molecule has 0 amide bonds. The molecule has 0 fully saturated rings. The molecule has 2 rings (SSSR count). The van der Waals surface area contributed by atoms with E-state index in [0.717, 1.165) is 0 Å². The molecule has 0 aromatic rings. The van der Waals surface area contributed by atoms with Gasteiger partial charge in [-0.1, -0.05) is 75.5 Å². The molecule has 0 heterocycles. The van der Waals surface area contributed by atoms with Gasteiger partial charge in [-0.3, -0.25) is 0 Å². The van der Waals surface area contributed by atoms with Crippen molar-refractivity contribution in [3.63, 3.8) is 0 Å². The molecule has 16 heavy (non-hydrogen) atoms. The Morgan fingerprint density at radius 3 is 1.19 bits per heavy atom. The largest absolute Gasteiger partial charge is 0.0775 e. The Hall–Kier alpha value is 0.177. The summed E-state index contributed by atoms with van der Waals surface area (Å²) >= 11 is 0. The Balaban J connectivity index is 0.00000128. The smallest absolute Gasteiger partial charge is 0.0768 e. The maximum Gasteiger partial charge on any atom is 0.0768 e. The molecule has 0 N–H and O–H groups in total. The maximum absolute atomic E-state index is 2.49. The minimum atomic E-state index is -1.43. The minimum absolute atomic E-state index is 0. The Morgan fingerprint density at radius 2 is 0.938 bits per heavy atom. The van der Waals surface area contributed by atoms with Crippen LogP contribution >= 0.6 is 0 Å². The second kappa shape index (κ2) is 4.45. The van der Waals surface area contributed by atoms with E-state index in [0.29, 0.717) is 10.1 Å². The molecule has 0 spiro atoms. The molecule has 0 bridgehead atoms. The molecule has 2 aliphatic carbocycles. The summed E-state index contributed by atoms with van der Waals surface area (Å²) < 4.78 is 0. The average molecular weight is 239 g/mol. The average Bonchev–Trinajstić information content (AvgIpc) is 2.76. The molecule has 1 radical (unpaired) electrons. The van der Waals surface area contributed by atoms with Crippen molar-refractivity contribution >= 4 is 37.6 Å². The van der Waals surface area contributed by atoms with Gasteiger partial charge in [-0.05, 0) is 10.1 Å². The predicted molar refractivity (Wildman–Crippen MR) is 76.5 cm³/mol. The van der Waals surface area contributed by atoms with Crippen molar-refractivity contribution in [2.24, 2.45) is 0 Å². The zero-order valence-electron chi connectivity index (χ0n) is 11.1. The van der Waals surface area contributed by atoms with Gasteiger partial charge in [0.25, 0.3) is 0 Å². The van der Waals surface area contributed by atoms with Gasteiger partial charge in [0.2, 0.25) is 0 Å². The van der Waals surface area contributed by atoms with Gasteiger partial charge in [0.05, 0.1) is 8.07 Å². The van der Waals surface area contributed by atoms with Crippen LogP contribution in [-0.2, 0) is 0 Å². The predicted octanol–water partition coefficient (Wildman–Crippen LogP) is 4.09. The van der Waals surface area contributed by atoms with Crippen LogP contribution in [0.2, 0.25) is 23.2 Å². The molecule has 0 saturated heterocycles. The van der Waals surface area contributed by atoms with E-state index in [-0.39, 0.29) is 29.6 Å². The summed E-state index contributed by atoms with van der Waals surface area (Å²) in [5, 5.41) is 0.585. The maximum atomic E-state index is 2.49. The molecule has 2 heteroatoms. The number of rotatable bonds is 2. The summed E-state index contributed by atoms with van der Waals surface area (Å²) in [6, 6.07) is 0. The van der Waals surface area contributed by atoms with Crippen molar-refractivity contribution in [3.8, 4) is 0 Å². The molecule has 81 valence electrons. The van der Waals surface area contributed by atoms with Crippen molar-refractivity contribution in [2.45, 2.75) is 37.0 Å². The zero-order valence-corrected chi connectivity index (χ0v) is 14.1. The van der Waals surface area contributed by atoms with Crippen LogP contribution in [0.15, 0.2) is 48.6 Å². The normalized spacial score (nSPS) is 23.8. The second-order valence-corrected chi connectivity index (χ2v) is 11.0. The summed E-state index contributed by atoms with van der Waals surface area (Å²) in [5.41, 5.74) is 0. The van der Waals surface area contributed by atoms with Crippen LogP contribution < -0.4 is 0 Å². The second-order valence-electron chi connectivity index (χ2n) is 5.63. The molecule has 2 aliphatic rings. The molecule has 0 atom stereocenters. The van der Waals surface area contributed by atoms with E-state index in [4.69, 9.17) is 0 Å². The summed E-state index contributed by atoms with van der Waals surface area (Å²) in [6.45, 7) is 9.74. The monoisotopic (exact) mass is 239 g/mol. The van der Waals surface area contributed by atoms with E-state index in [1.165, 1.54) is 0 Å². The SMILES string of the molecule is CC1([Si](C)(C)C2(C)C=CC=C2)C=CC=C1.[Na]. The Labute approximate surface area is 123 Å². The number of hydrogen-bond donors (Lipinski definition) is 0. The first-order valence-corrected chi connectivity index (χ1v) is 8.65. The van der Waals surface area contributed by atoms with Gasteiger partial charge < -0.3 is 0 Å². The van der Waals surface area contributed by atoms with E-state index >= 15 is 0 Å². The standard InChI is InChI=1S/C14H20Si.Na/c1-13(9-5-6-10-13)15(3,4)14(2)11-7-8-12-14;/h5-12H,1-4H3;. The third-order valence-electron chi connectivity index (χ3n) is 4.69. The Morgan fingerprint density at radius 1 is 0.688 bits per heavy atom. The van der Waals surface area contributed by atoms with E-state index < -0.39 is 8.07 Å². The quantitative estimate of drug-likeness (QED) is 0.637. The van der Waals surface area contributed by atoms with E-state index in [2.05, 4.69) is 75.5 Å². The van der Waals surface area contributed by atoms with E-state index in [9.17, 15) is 0 Å². The van der Waals surface area contributed by atoms with Crippen molar-refractivity contribution in [1.82, 2.24) is 0 Å². The Bertz CT molecular complexity index is 326. The number of allylic oxidation sites excluding steroid dienone is 8. The van der Waals surface area contributed by atoms with Gasteiger partial charge in [-0.2, -0.15) is 0 Å². The van der Waals surface area contributed by atoms with Crippen LogP contribution in [0.3, 0.4) is 0 Å². The molecule has 0 nitrogen and oxygen atoms in total. The first-order chi connectivity index (χ1) is 6.91. The zero-order chi connectivity index (χ0) is 11.2. The minimum Gasteiger partial charge on any atom is -0.0775 e. The van der Waals surface area contributed by atoms with Crippen LogP contribution in [-0.4, -0.2) is 37.6 Å². The van der Waals surface area contributed by atoms with Gasteiger partial charge in [-0.25, -0.2) is 0 Å². The van der Waals surface area contributed by atoms with Gasteiger partial charge in [0.1, 0.15) is 0 Å². The summed E-state index contributed by atoms with van der Waals surface area (Å²) in [5.74, 6) is 0. The Kier molecular flexibility index (Phi) is 3.96.